The van der Waals surface area contributed by atoms with Crippen LogP contribution in [-0.2, 0) is 0 Å². The number of nitrogens with two attached hydrogens (primary N) is 1. The number of nitrogens with one attached hydrogen (secondary N) is 1. The fraction of sp³-hybridized carbons (Fsp3) is 0.800. The standard InChI is InChI=1S/C15H24N4O2/c1-8-11(16)7-6-10(15(8,2)3)14-18-12(19-21-14)13(20)17-9-4-5-9/h8-11H,4-7,16H2,1-3H3,(H,17,20). The van der Waals surface area contributed by atoms with Crippen molar-refractivity contribution >= 4 is 5.91 Å². The Labute approximate surface area is 124 Å². The Morgan fingerprint density at radius 1 is 1.33 bits per heavy atom. The summed E-state index contributed by atoms with van der Waals surface area (Å²) in [5, 5.41) is 6.73. The quantitative estimate of drug-likeness (QED) is 0.886. The molecule has 6 nitrogen and oxygen atoms in total. The molecule has 3 N–H and O–H groups in total. The molecule has 1 heterocycles. The van der Waals surface area contributed by atoms with Crippen LogP contribution in [0.2, 0.25) is 0 Å². The van der Waals surface area contributed by atoms with Crippen LogP contribution >= 0.6 is 0 Å². The third kappa shape index (κ3) is 2.69. The van der Waals surface area contributed by atoms with Gasteiger partial charge in [0.15, 0.2) is 0 Å². The van der Waals surface area contributed by atoms with E-state index in [0.29, 0.717) is 17.9 Å². The highest BCUT2D eigenvalue weighted by atomic mass is 16.5. The topological polar surface area (TPSA) is 94.0 Å². The van der Waals surface area contributed by atoms with Crippen LogP contribution in [0.4, 0.5) is 0 Å². The fourth-order valence-corrected chi connectivity index (χ4v) is 3.24. The molecule has 0 radical (unpaired) electrons. The molecule has 6 heteroatoms. The van der Waals surface area contributed by atoms with Crippen molar-refractivity contribution in [3.05, 3.63) is 11.7 Å². The van der Waals surface area contributed by atoms with Crippen molar-refractivity contribution in [3.8, 4) is 0 Å². The Kier molecular flexibility index (Phi) is 3.51. The van der Waals surface area contributed by atoms with Crippen LogP contribution in [0.3, 0.4) is 0 Å². The van der Waals surface area contributed by atoms with Gasteiger partial charge < -0.3 is 15.6 Å². The van der Waals surface area contributed by atoms with Gasteiger partial charge in [0.05, 0.1) is 0 Å². The Morgan fingerprint density at radius 3 is 2.71 bits per heavy atom. The molecular weight excluding hydrogens is 268 g/mol. The van der Waals surface area contributed by atoms with Gasteiger partial charge in [0.25, 0.3) is 11.7 Å². The van der Waals surface area contributed by atoms with Gasteiger partial charge in [-0.25, -0.2) is 0 Å². The number of carbonyl (C=O) groups excluding carboxylic acids is 1. The first kappa shape index (κ1) is 14.5. The first-order valence-electron chi connectivity index (χ1n) is 7.79. The highest BCUT2D eigenvalue weighted by Crippen LogP contribution is 2.49. The van der Waals surface area contributed by atoms with Crippen LogP contribution in [0.1, 0.15) is 68.9 Å². The van der Waals surface area contributed by atoms with Gasteiger partial charge in [-0.05, 0) is 37.0 Å². The summed E-state index contributed by atoms with van der Waals surface area (Å²) in [5.74, 6) is 1.01. The number of rotatable bonds is 3. The van der Waals surface area contributed by atoms with Gasteiger partial charge in [0.1, 0.15) is 0 Å². The summed E-state index contributed by atoms with van der Waals surface area (Å²) in [6.07, 6.45) is 3.95. The summed E-state index contributed by atoms with van der Waals surface area (Å²) in [6, 6.07) is 0.500. The number of carbonyl (C=O) groups is 1. The van der Waals surface area contributed by atoms with Crippen LogP contribution in [0.15, 0.2) is 4.52 Å². The molecule has 1 amide bonds. The van der Waals surface area contributed by atoms with Gasteiger partial charge in [-0.3, -0.25) is 4.79 Å². The summed E-state index contributed by atoms with van der Waals surface area (Å²) in [6.45, 7) is 6.55. The van der Waals surface area contributed by atoms with Crippen molar-refractivity contribution in [2.24, 2.45) is 17.1 Å². The molecule has 3 unspecified atom stereocenters. The largest absolute Gasteiger partial charge is 0.346 e. The second-order valence-corrected chi connectivity index (χ2v) is 7.11. The number of hydrogen-bond donors (Lipinski definition) is 2. The van der Waals surface area contributed by atoms with E-state index in [1.165, 1.54) is 0 Å². The summed E-state index contributed by atoms with van der Waals surface area (Å²) >= 11 is 0. The molecule has 0 saturated heterocycles. The van der Waals surface area contributed by atoms with E-state index >= 15 is 0 Å². The maximum atomic E-state index is 12.0. The van der Waals surface area contributed by atoms with E-state index in [1.54, 1.807) is 0 Å². The lowest BCUT2D eigenvalue weighted by Gasteiger charge is -2.45. The van der Waals surface area contributed by atoms with E-state index in [9.17, 15) is 4.79 Å². The van der Waals surface area contributed by atoms with E-state index in [0.717, 1.165) is 25.7 Å². The Morgan fingerprint density at radius 2 is 2.05 bits per heavy atom. The molecule has 3 rings (SSSR count). The summed E-state index contributed by atoms with van der Waals surface area (Å²) in [7, 11) is 0. The monoisotopic (exact) mass is 292 g/mol. The fourth-order valence-electron chi connectivity index (χ4n) is 3.24. The van der Waals surface area contributed by atoms with E-state index in [-0.39, 0.29) is 29.1 Å². The van der Waals surface area contributed by atoms with Crippen LogP contribution in [-0.4, -0.2) is 28.1 Å². The first-order chi connectivity index (χ1) is 9.89. The second-order valence-electron chi connectivity index (χ2n) is 7.11. The Hall–Kier alpha value is -1.43. The number of nitrogens with zero attached hydrogens (tertiary/aromatic N) is 2. The van der Waals surface area contributed by atoms with E-state index in [4.69, 9.17) is 10.3 Å². The molecule has 1 aromatic heterocycles. The molecule has 1 aromatic rings. The average Bonchev–Trinajstić information content (AvgIpc) is 3.10. The summed E-state index contributed by atoms with van der Waals surface area (Å²) < 4.78 is 5.38. The summed E-state index contributed by atoms with van der Waals surface area (Å²) in [5.41, 5.74) is 6.16. The molecule has 2 fully saturated rings. The highest BCUT2D eigenvalue weighted by Gasteiger charge is 2.45. The normalized spacial score (nSPS) is 31.9. The van der Waals surface area contributed by atoms with Crippen LogP contribution in [0.5, 0.6) is 0 Å². The van der Waals surface area contributed by atoms with Gasteiger partial charge in [-0.15, -0.1) is 0 Å². The summed E-state index contributed by atoms with van der Waals surface area (Å²) in [4.78, 5) is 16.3. The molecule has 116 valence electrons. The molecule has 0 aliphatic heterocycles. The Bertz CT molecular complexity index is 536. The van der Waals surface area contributed by atoms with Crippen LogP contribution in [0, 0.1) is 11.3 Å². The first-order valence-corrected chi connectivity index (χ1v) is 7.79. The maximum absolute atomic E-state index is 12.0. The number of hydrogen-bond acceptors (Lipinski definition) is 5. The highest BCUT2D eigenvalue weighted by molar-refractivity contribution is 5.90. The van der Waals surface area contributed by atoms with Gasteiger partial charge in [0, 0.05) is 18.0 Å². The smallest absolute Gasteiger partial charge is 0.292 e. The lowest BCUT2D eigenvalue weighted by Crippen LogP contribution is -2.45. The molecule has 0 spiro atoms. The lowest BCUT2D eigenvalue weighted by molar-refractivity contribution is 0.0806. The predicted octanol–water partition coefficient (Wildman–Crippen LogP) is 1.83. The molecule has 0 bridgehead atoms. The van der Waals surface area contributed by atoms with Crippen LogP contribution < -0.4 is 11.1 Å². The zero-order chi connectivity index (χ0) is 15.2. The molecule has 21 heavy (non-hydrogen) atoms. The van der Waals surface area contributed by atoms with E-state index in [2.05, 4.69) is 36.2 Å². The molecule has 0 aromatic carbocycles. The predicted molar refractivity (Wildman–Crippen MR) is 77.7 cm³/mol. The van der Waals surface area contributed by atoms with Crippen molar-refractivity contribution in [2.45, 2.75) is 64.5 Å². The average molecular weight is 292 g/mol. The van der Waals surface area contributed by atoms with Gasteiger partial charge in [-0.1, -0.05) is 25.9 Å². The number of amides is 1. The molecule has 2 aliphatic rings. The SMILES string of the molecule is CC1C(N)CCC(c2nc(C(=O)NC3CC3)no2)C1(C)C. The minimum absolute atomic E-state index is 0.0194. The Balaban J connectivity index is 1.77. The van der Waals surface area contributed by atoms with Gasteiger partial charge in [-0.2, -0.15) is 4.98 Å². The van der Waals surface area contributed by atoms with Crippen molar-refractivity contribution in [3.63, 3.8) is 0 Å². The van der Waals surface area contributed by atoms with Gasteiger partial charge >= 0.3 is 0 Å². The van der Waals surface area contributed by atoms with E-state index < -0.39 is 0 Å². The third-order valence-electron chi connectivity index (χ3n) is 5.36. The second kappa shape index (κ2) is 5.09. The zero-order valence-electron chi connectivity index (χ0n) is 12.9. The van der Waals surface area contributed by atoms with Crippen molar-refractivity contribution < 1.29 is 9.32 Å². The molecule has 3 atom stereocenters. The van der Waals surface area contributed by atoms with Crippen molar-refractivity contribution in [1.29, 1.82) is 0 Å². The minimum Gasteiger partial charge on any atom is -0.346 e. The van der Waals surface area contributed by atoms with Crippen molar-refractivity contribution in [2.75, 3.05) is 0 Å². The molecule has 2 aliphatic carbocycles. The molecular formula is C15H24N4O2. The van der Waals surface area contributed by atoms with Gasteiger partial charge in [0.2, 0.25) is 5.89 Å². The maximum Gasteiger partial charge on any atom is 0.292 e. The third-order valence-corrected chi connectivity index (χ3v) is 5.36. The minimum atomic E-state index is -0.231. The molecule has 2 saturated carbocycles. The van der Waals surface area contributed by atoms with Crippen LogP contribution in [0.25, 0.3) is 0 Å². The zero-order valence-corrected chi connectivity index (χ0v) is 12.9. The number of aromatic nitrogens is 2. The van der Waals surface area contributed by atoms with Crippen molar-refractivity contribution in [1.82, 2.24) is 15.5 Å². The lowest BCUT2D eigenvalue weighted by atomic mass is 9.61. The van der Waals surface area contributed by atoms with E-state index in [1.807, 2.05) is 0 Å².